The second kappa shape index (κ2) is 7.36. The van der Waals surface area contributed by atoms with Crippen LogP contribution < -0.4 is 0 Å². The molecule has 2 rings (SSSR count). The number of nitrogens with zero attached hydrogens (tertiary/aromatic N) is 1. The molecule has 2 atom stereocenters. The number of benzene rings is 1. The summed E-state index contributed by atoms with van der Waals surface area (Å²) in [5, 5.41) is 10.1. The van der Waals surface area contributed by atoms with Crippen LogP contribution in [0.2, 0.25) is 19.6 Å². The minimum atomic E-state index is -1.51. The van der Waals surface area contributed by atoms with Crippen LogP contribution in [0.5, 0.6) is 0 Å². The van der Waals surface area contributed by atoms with Crippen molar-refractivity contribution in [1.29, 1.82) is 0 Å². The van der Waals surface area contributed by atoms with Gasteiger partial charge in [-0.2, -0.15) is 0 Å². The predicted molar refractivity (Wildman–Crippen MR) is 94.4 cm³/mol. The van der Waals surface area contributed by atoms with Crippen LogP contribution in [0.25, 0.3) is 0 Å². The topological polar surface area (TPSA) is 40.5 Å². The number of hydrogen-bond acceptors (Lipinski definition) is 3. The highest BCUT2D eigenvalue weighted by atomic mass is 32.2. The van der Waals surface area contributed by atoms with Crippen molar-refractivity contribution in [2.75, 3.05) is 12.3 Å². The van der Waals surface area contributed by atoms with Crippen LogP contribution in [-0.2, 0) is 4.79 Å². The highest BCUT2D eigenvalue weighted by Gasteiger charge is 2.37. The van der Waals surface area contributed by atoms with Gasteiger partial charge in [-0.15, -0.1) is 17.3 Å². The first kappa shape index (κ1) is 17.1. The van der Waals surface area contributed by atoms with Gasteiger partial charge in [0.05, 0.1) is 12.5 Å². The zero-order chi connectivity index (χ0) is 16.2. The minimum absolute atomic E-state index is 0.0102. The number of aliphatic hydroxyl groups is 1. The second-order valence-corrected chi connectivity index (χ2v) is 12.4. The van der Waals surface area contributed by atoms with Crippen molar-refractivity contribution in [3.63, 3.8) is 0 Å². The predicted octanol–water partition coefficient (Wildman–Crippen LogP) is 2.62. The third kappa shape index (κ3) is 4.91. The normalized spacial score (nSPS) is 21.6. The highest BCUT2D eigenvalue weighted by Crippen LogP contribution is 2.22. The fraction of sp³-hybridized carbons (Fsp3) is 0.471. The number of hydrogen-bond donors (Lipinski definition) is 1. The Morgan fingerprint density at radius 3 is 2.64 bits per heavy atom. The van der Waals surface area contributed by atoms with Crippen molar-refractivity contribution in [3.05, 3.63) is 30.3 Å². The molecule has 0 aliphatic carbocycles. The van der Waals surface area contributed by atoms with Gasteiger partial charge in [0, 0.05) is 17.2 Å². The molecule has 1 aromatic carbocycles. The van der Waals surface area contributed by atoms with E-state index in [9.17, 15) is 9.90 Å². The Labute approximate surface area is 138 Å². The van der Waals surface area contributed by atoms with Crippen molar-refractivity contribution in [3.8, 4) is 11.5 Å². The molecular weight excluding hydrogens is 310 g/mol. The molecule has 0 radical (unpaired) electrons. The van der Waals surface area contributed by atoms with Gasteiger partial charge in [-0.25, -0.2) is 0 Å². The number of carbonyl (C=O) groups is 1. The molecule has 3 nitrogen and oxygen atoms in total. The lowest BCUT2D eigenvalue weighted by Crippen LogP contribution is -2.38. The molecule has 0 bridgehead atoms. The van der Waals surface area contributed by atoms with Crippen LogP contribution in [-0.4, -0.2) is 48.4 Å². The Bertz CT molecular complexity index is 574. The van der Waals surface area contributed by atoms with Crippen LogP contribution in [0.15, 0.2) is 35.2 Å². The summed E-state index contributed by atoms with van der Waals surface area (Å²) in [7, 11) is -1.51. The number of rotatable bonds is 4. The number of carbonyl (C=O) groups excluding carboxylic acids is 1. The van der Waals surface area contributed by atoms with E-state index in [1.807, 2.05) is 18.2 Å². The summed E-state index contributed by atoms with van der Waals surface area (Å²) in [6.07, 6.45) is -0.459. The van der Waals surface area contributed by atoms with E-state index < -0.39 is 14.2 Å². The van der Waals surface area contributed by atoms with E-state index in [4.69, 9.17) is 0 Å². The quantitative estimate of drug-likeness (QED) is 0.523. The van der Waals surface area contributed by atoms with Crippen LogP contribution in [0.3, 0.4) is 0 Å². The monoisotopic (exact) mass is 333 g/mol. The van der Waals surface area contributed by atoms with Crippen molar-refractivity contribution in [1.82, 2.24) is 4.90 Å². The Hall–Kier alpha value is -1.22. The van der Waals surface area contributed by atoms with Crippen molar-refractivity contribution in [2.24, 2.45) is 0 Å². The summed E-state index contributed by atoms with van der Waals surface area (Å²) in [5.41, 5.74) is 3.28. The van der Waals surface area contributed by atoms with Gasteiger partial charge in [-0.1, -0.05) is 43.8 Å². The largest absolute Gasteiger partial charge is 0.389 e. The third-order valence-corrected chi connectivity index (χ3v) is 5.23. The van der Waals surface area contributed by atoms with Crippen LogP contribution in [0.1, 0.15) is 6.42 Å². The molecule has 0 aromatic heterocycles. The fourth-order valence-electron chi connectivity index (χ4n) is 2.28. The number of thioether (sulfide) groups is 1. The molecule has 1 heterocycles. The molecule has 1 N–H and O–H groups in total. The molecule has 0 saturated carbocycles. The molecule has 1 aliphatic rings. The Morgan fingerprint density at radius 1 is 1.32 bits per heavy atom. The summed E-state index contributed by atoms with van der Waals surface area (Å²) < 4.78 is 0. The summed E-state index contributed by atoms with van der Waals surface area (Å²) in [6.45, 7) is 7.12. The van der Waals surface area contributed by atoms with Gasteiger partial charge in [-0.05, 0) is 12.1 Å². The molecule has 0 unspecified atom stereocenters. The maximum atomic E-state index is 12.1. The third-order valence-electron chi connectivity index (χ3n) is 3.34. The molecule has 0 spiro atoms. The lowest BCUT2D eigenvalue weighted by atomic mass is 10.2. The Kier molecular flexibility index (Phi) is 5.73. The van der Waals surface area contributed by atoms with Gasteiger partial charge in [0.25, 0.3) is 0 Å². The first-order chi connectivity index (χ1) is 10.4. The zero-order valence-electron chi connectivity index (χ0n) is 13.4. The van der Waals surface area contributed by atoms with E-state index in [2.05, 4.69) is 43.2 Å². The number of aliphatic hydroxyl groups excluding tert-OH is 1. The van der Waals surface area contributed by atoms with E-state index in [1.54, 1.807) is 16.7 Å². The van der Waals surface area contributed by atoms with Gasteiger partial charge >= 0.3 is 0 Å². The molecular formula is C17H23NO2SSi. The maximum absolute atomic E-state index is 12.1. The zero-order valence-corrected chi connectivity index (χ0v) is 15.2. The van der Waals surface area contributed by atoms with Gasteiger partial charge in [0.2, 0.25) is 5.91 Å². The SMILES string of the molecule is C[Si](C)(C)C#C[C@H]1[C@@H](O)CC(=O)N1CCSc1ccccc1. The number of likely N-dealkylation sites (tertiary alicyclic amines) is 1. The smallest absolute Gasteiger partial charge is 0.226 e. The molecule has 1 fully saturated rings. The van der Waals surface area contributed by atoms with E-state index >= 15 is 0 Å². The van der Waals surface area contributed by atoms with E-state index in [-0.39, 0.29) is 18.4 Å². The van der Waals surface area contributed by atoms with Crippen LogP contribution >= 0.6 is 11.8 Å². The minimum Gasteiger partial charge on any atom is -0.389 e. The Balaban J connectivity index is 1.97. The van der Waals surface area contributed by atoms with E-state index in [1.165, 1.54) is 4.90 Å². The number of amides is 1. The van der Waals surface area contributed by atoms with Gasteiger partial charge < -0.3 is 10.0 Å². The average Bonchev–Trinajstić information content (AvgIpc) is 2.71. The van der Waals surface area contributed by atoms with Crippen molar-refractivity contribution < 1.29 is 9.90 Å². The highest BCUT2D eigenvalue weighted by molar-refractivity contribution is 7.99. The molecule has 5 heteroatoms. The first-order valence-corrected chi connectivity index (χ1v) is 12.0. The lowest BCUT2D eigenvalue weighted by molar-refractivity contribution is -0.128. The summed E-state index contributed by atoms with van der Waals surface area (Å²) in [5.74, 6) is 3.98. The average molecular weight is 334 g/mol. The Morgan fingerprint density at radius 2 is 2.00 bits per heavy atom. The standard InChI is InChI=1S/C17H23NO2SSi/c1-22(2,3)12-9-15-16(19)13-17(20)18(15)10-11-21-14-7-5-4-6-8-14/h4-8,15-16,19H,10-11,13H2,1-3H3/t15-,16-/m0/s1. The molecule has 1 aliphatic heterocycles. The first-order valence-electron chi connectivity index (χ1n) is 7.55. The molecule has 22 heavy (non-hydrogen) atoms. The fourth-order valence-corrected chi connectivity index (χ4v) is 3.73. The van der Waals surface area contributed by atoms with Crippen molar-refractivity contribution in [2.45, 2.75) is 43.1 Å². The van der Waals surface area contributed by atoms with Crippen LogP contribution in [0.4, 0.5) is 0 Å². The second-order valence-electron chi connectivity index (χ2n) is 6.48. The lowest BCUT2D eigenvalue weighted by Gasteiger charge is -2.22. The van der Waals surface area contributed by atoms with E-state index in [0.717, 1.165) is 5.75 Å². The van der Waals surface area contributed by atoms with Gasteiger partial charge in [-0.3, -0.25) is 4.79 Å². The summed E-state index contributed by atoms with van der Waals surface area (Å²) in [6, 6.07) is 9.80. The maximum Gasteiger partial charge on any atom is 0.226 e. The summed E-state index contributed by atoms with van der Waals surface area (Å²) >= 11 is 1.72. The van der Waals surface area contributed by atoms with Crippen LogP contribution in [0, 0.1) is 11.5 Å². The van der Waals surface area contributed by atoms with E-state index in [0.29, 0.717) is 6.54 Å². The molecule has 118 valence electrons. The molecule has 1 saturated heterocycles. The molecule has 1 amide bonds. The summed E-state index contributed by atoms with van der Waals surface area (Å²) in [4.78, 5) is 15.0. The molecule has 1 aromatic rings. The van der Waals surface area contributed by atoms with Gasteiger partial charge in [0.1, 0.15) is 14.1 Å². The van der Waals surface area contributed by atoms with Crippen molar-refractivity contribution >= 4 is 25.7 Å². The van der Waals surface area contributed by atoms with Gasteiger partial charge in [0.15, 0.2) is 0 Å².